The molecule has 0 radical (unpaired) electrons. The number of nitrogens with zero attached hydrogens (tertiary/aromatic N) is 4. The molecule has 0 aliphatic carbocycles. The highest BCUT2D eigenvalue weighted by Crippen LogP contribution is 2.41. The first kappa shape index (κ1) is 22.9. The van der Waals surface area contributed by atoms with Crippen LogP contribution in [0.1, 0.15) is 22.3 Å². The summed E-state index contributed by atoms with van der Waals surface area (Å²) in [6.45, 7) is -1.17. The number of thiophene rings is 1. The summed E-state index contributed by atoms with van der Waals surface area (Å²) in [7, 11) is 1.32. The number of alkyl halides is 5. The molecule has 1 fully saturated rings. The maximum atomic E-state index is 14.8. The number of carbonyl (C=O) groups excluding carboxylic acids is 2. The first-order valence-electron chi connectivity index (χ1n) is 9.54. The number of amides is 1. The zero-order valence-electron chi connectivity index (χ0n) is 16.9. The third-order valence-corrected chi connectivity index (χ3v) is 6.11. The molecule has 4 heterocycles. The molecule has 14 heteroatoms. The average molecular weight is 489 g/mol. The van der Waals surface area contributed by atoms with Crippen molar-refractivity contribution in [1.29, 1.82) is 0 Å². The molecule has 0 saturated carbocycles. The second kappa shape index (κ2) is 8.24. The molecule has 1 atom stereocenters. The fourth-order valence-corrected chi connectivity index (χ4v) is 4.50. The Labute approximate surface area is 187 Å². The van der Waals surface area contributed by atoms with Crippen molar-refractivity contribution in [3.05, 3.63) is 41.3 Å². The molecule has 1 aliphatic heterocycles. The van der Waals surface area contributed by atoms with E-state index in [2.05, 4.69) is 15.3 Å². The van der Waals surface area contributed by atoms with Crippen LogP contribution in [0.25, 0.3) is 10.2 Å². The van der Waals surface area contributed by atoms with E-state index in [-0.39, 0.29) is 34.6 Å². The Morgan fingerprint density at radius 1 is 1.33 bits per heavy atom. The number of nitrogens with one attached hydrogen (secondary N) is 1. The number of anilines is 1. The van der Waals surface area contributed by atoms with Crippen LogP contribution < -0.4 is 10.2 Å². The number of piperidine rings is 1. The maximum absolute atomic E-state index is 14.8. The van der Waals surface area contributed by atoms with Gasteiger partial charge in [-0.15, -0.1) is 11.3 Å². The molecule has 1 amide bonds. The molecule has 4 rings (SSSR count). The van der Waals surface area contributed by atoms with Gasteiger partial charge in [0.15, 0.2) is 6.10 Å². The summed E-state index contributed by atoms with van der Waals surface area (Å²) in [5.74, 6) is -4.56. The lowest BCUT2D eigenvalue weighted by molar-refractivity contribution is -0.136. The number of halogens is 5. The highest BCUT2D eigenvalue weighted by Gasteiger charge is 2.48. The number of aromatic nitrogens is 3. The predicted molar refractivity (Wildman–Crippen MR) is 108 cm³/mol. The van der Waals surface area contributed by atoms with Gasteiger partial charge in [0.25, 0.3) is 5.91 Å². The van der Waals surface area contributed by atoms with Crippen molar-refractivity contribution in [1.82, 2.24) is 19.9 Å². The highest BCUT2D eigenvalue weighted by atomic mass is 32.1. The third-order valence-electron chi connectivity index (χ3n) is 5.10. The van der Waals surface area contributed by atoms with Crippen molar-refractivity contribution in [2.75, 3.05) is 25.0 Å². The molecule has 1 saturated heterocycles. The number of pyridine rings is 1. The predicted octanol–water partition coefficient (Wildman–Crippen LogP) is 3.77. The second-order valence-corrected chi connectivity index (χ2v) is 8.13. The summed E-state index contributed by atoms with van der Waals surface area (Å²) >= 11 is 0.697. The lowest BCUT2D eigenvalue weighted by Crippen LogP contribution is -2.53. The Kier molecular flexibility index (Phi) is 5.72. The molecular weight excluding hydrogens is 473 g/mol. The summed E-state index contributed by atoms with van der Waals surface area (Å²) in [6.07, 6.45) is -4.35. The molecule has 8 nitrogen and oxygen atoms in total. The molecule has 1 N–H and O–H groups in total. The minimum Gasteiger partial charge on any atom is -0.439 e. The van der Waals surface area contributed by atoms with Crippen molar-refractivity contribution >= 4 is 39.4 Å². The van der Waals surface area contributed by atoms with Crippen LogP contribution in [0.3, 0.4) is 0 Å². The number of hydrogen-bond donors (Lipinski definition) is 1. The standard InChI is InChI=1S/C19H16F5N5O3S/c1-25-16(30)10-7-33-15-11(19(22,23)24)6-13(27-14(10)15)28-4-2-12(18(20,21)8-28)32-17(31)29-5-3-26-9-29/h3,5-7,9,12H,2,4,8H2,1H3,(H,25,30). The highest BCUT2D eigenvalue weighted by molar-refractivity contribution is 7.17. The van der Waals surface area contributed by atoms with Crippen LogP contribution >= 0.6 is 11.3 Å². The summed E-state index contributed by atoms with van der Waals surface area (Å²) in [6, 6.07) is 0.695. The van der Waals surface area contributed by atoms with Gasteiger partial charge in [-0.1, -0.05) is 0 Å². The molecule has 3 aromatic heterocycles. The van der Waals surface area contributed by atoms with Gasteiger partial charge < -0.3 is 15.0 Å². The normalized spacial score (nSPS) is 18.4. The van der Waals surface area contributed by atoms with Gasteiger partial charge in [-0.2, -0.15) is 13.2 Å². The van der Waals surface area contributed by atoms with Gasteiger partial charge in [0.05, 0.1) is 27.9 Å². The molecule has 176 valence electrons. The fourth-order valence-electron chi connectivity index (χ4n) is 3.47. The van der Waals surface area contributed by atoms with E-state index < -0.39 is 42.3 Å². The monoisotopic (exact) mass is 489 g/mol. The number of rotatable bonds is 3. The largest absolute Gasteiger partial charge is 0.439 e. The SMILES string of the molecule is CNC(=O)c1csc2c(C(F)(F)F)cc(N3CCC(OC(=O)n4ccnc4)C(F)(F)C3)nc12. The van der Waals surface area contributed by atoms with E-state index >= 15 is 0 Å². The number of hydrogen-bond acceptors (Lipinski definition) is 7. The van der Waals surface area contributed by atoms with E-state index in [0.29, 0.717) is 17.4 Å². The lowest BCUT2D eigenvalue weighted by atomic mass is 10.0. The second-order valence-electron chi connectivity index (χ2n) is 7.25. The molecule has 0 bridgehead atoms. The van der Waals surface area contributed by atoms with Crippen LogP contribution in [0.4, 0.5) is 32.6 Å². The van der Waals surface area contributed by atoms with Crippen molar-refractivity contribution in [3.63, 3.8) is 0 Å². The number of imidazole rings is 1. The van der Waals surface area contributed by atoms with Crippen molar-refractivity contribution in [2.24, 2.45) is 0 Å². The van der Waals surface area contributed by atoms with Crippen molar-refractivity contribution < 1.29 is 36.3 Å². The molecule has 0 aromatic carbocycles. The van der Waals surface area contributed by atoms with Gasteiger partial charge in [-0.05, 0) is 6.07 Å². The van der Waals surface area contributed by atoms with Crippen LogP contribution in [0.5, 0.6) is 0 Å². The zero-order valence-corrected chi connectivity index (χ0v) is 17.7. The lowest BCUT2D eigenvalue weighted by Gasteiger charge is -2.38. The fraction of sp³-hybridized carbons (Fsp3) is 0.368. The van der Waals surface area contributed by atoms with E-state index in [4.69, 9.17) is 4.74 Å². The topological polar surface area (TPSA) is 89.4 Å². The molecular formula is C19H16F5N5O3S. The maximum Gasteiger partial charge on any atom is 0.419 e. The molecule has 0 spiro atoms. The number of ether oxygens (including phenoxy) is 1. The van der Waals surface area contributed by atoms with Crippen LogP contribution in [0, 0.1) is 0 Å². The Morgan fingerprint density at radius 3 is 2.70 bits per heavy atom. The summed E-state index contributed by atoms with van der Waals surface area (Å²) in [5.41, 5.74) is -1.37. The molecule has 3 aromatic rings. The van der Waals surface area contributed by atoms with Crippen LogP contribution in [-0.4, -0.2) is 58.7 Å². The molecule has 1 unspecified atom stereocenters. The van der Waals surface area contributed by atoms with E-state index in [0.717, 1.165) is 15.8 Å². The quantitative estimate of drug-likeness (QED) is 0.564. The smallest absolute Gasteiger partial charge is 0.419 e. The summed E-state index contributed by atoms with van der Waals surface area (Å²) in [5, 5.41) is 3.57. The number of fused-ring (bicyclic) bond motifs is 1. The molecule has 33 heavy (non-hydrogen) atoms. The summed E-state index contributed by atoms with van der Waals surface area (Å²) < 4.78 is 76.2. The van der Waals surface area contributed by atoms with Gasteiger partial charge in [-0.3, -0.25) is 4.79 Å². The minimum atomic E-state index is -4.79. The molecule has 1 aliphatic rings. The van der Waals surface area contributed by atoms with Crippen molar-refractivity contribution in [3.8, 4) is 0 Å². The average Bonchev–Trinajstić information content (AvgIpc) is 3.43. The van der Waals surface area contributed by atoms with E-state index in [1.807, 2.05) is 0 Å². The zero-order chi connectivity index (χ0) is 24.0. The Bertz CT molecular complexity index is 1190. The van der Waals surface area contributed by atoms with E-state index in [9.17, 15) is 31.5 Å². The van der Waals surface area contributed by atoms with Gasteiger partial charge >= 0.3 is 18.2 Å². The third kappa shape index (κ3) is 4.34. The van der Waals surface area contributed by atoms with Gasteiger partial charge in [0.1, 0.15) is 12.1 Å². The van der Waals surface area contributed by atoms with Crippen LogP contribution in [-0.2, 0) is 10.9 Å². The van der Waals surface area contributed by atoms with Gasteiger partial charge in [-0.25, -0.2) is 28.1 Å². The number of carbonyl (C=O) groups is 2. The minimum absolute atomic E-state index is 0.0826. The first-order chi connectivity index (χ1) is 15.5. The van der Waals surface area contributed by atoms with Crippen molar-refractivity contribution in [2.45, 2.75) is 24.6 Å². The van der Waals surface area contributed by atoms with E-state index in [1.54, 1.807) is 0 Å². The van der Waals surface area contributed by atoms with Crippen LogP contribution in [0.2, 0.25) is 0 Å². The van der Waals surface area contributed by atoms with E-state index in [1.165, 1.54) is 24.8 Å². The first-order valence-corrected chi connectivity index (χ1v) is 10.4. The Balaban J connectivity index is 1.65. The summed E-state index contributed by atoms with van der Waals surface area (Å²) in [4.78, 5) is 32.8. The van der Waals surface area contributed by atoms with Gasteiger partial charge in [0.2, 0.25) is 0 Å². The van der Waals surface area contributed by atoms with Crippen LogP contribution in [0.15, 0.2) is 30.2 Å². The Morgan fingerprint density at radius 2 is 2.09 bits per heavy atom. The Hall–Kier alpha value is -3.29. The van der Waals surface area contributed by atoms with Gasteiger partial charge in [0, 0.05) is 37.8 Å².